The first kappa shape index (κ1) is 25.3. The van der Waals surface area contributed by atoms with Gasteiger partial charge in [0.15, 0.2) is 0 Å². The number of halogens is 1. The van der Waals surface area contributed by atoms with Crippen molar-refractivity contribution in [3.05, 3.63) is 94.5 Å². The van der Waals surface area contributed by atoms with Crippen molar-refractivity contribution >= 4 is 39.4 Å². The molecule has 3 aromatic rings. The van der Waals surface area contributed by atoms with Crippen LogP contribution in [0.4, 0.5) is 5.69 Å². The Morgan fingerprint density at radius 1 is 1.06 bits per heavy atom. The number of hydrogen-bond donors (Lipinski definition) is 1. The number of nitrogens with zero attached hydrogens (tertiary/aromatic N) is 2. The van der Waals surface area contributed by atoms with Gasteiger partial charge in [0.1, 0.15) is 18.9 Å². The van der Waals surface area contributed by atoms with Crippen LogP contribution in [0.2, 0.25) is 5.02 Å². The number of carbonyl (C=O) groups is 1. The van der Waals surface area contributed by atoms with E-state index in [9.17, 15) is 13.2 Å². The quantitative estimate of drug-likeness (QED) is 0.331. The van der Waals surface area contributed by atoms with Gasteiger partial charge in [-0.15, -0.1) is 0 Å². The summed E-state index contributed by atoms with van der Waals surface area (Å²) >= 11 is 5.88. The molecule has 0 radical (unpaired) electrons. The largest absolute Gasteiger partial charge is 0.489 e. The van der Waals surface area contributed by atoms with E-state index >= 15 is 0 Å². The first-order valence-electron chi connectivity index (χ1n) is 10.6. The molecule has 0 bridgehead atoms. The molecule has 0 saturated carbocycles. The van der Waals surface area contributed by atoms with Gasteiger partial charge in [0.05, 0.1) is 18.2 Å². The maximum atomic E-state index is 12.4. The Balaban J connectivity index is 1.56. The highest BCUT2D eigenvalue weighted by molar-refractivity contribution is 7.92. The second kappa shape index (κ2) is 11.7. The fourth-order valence-electron chi connectivity index (χ4n) is 3.18. The zero-order valence-corrected chi connectivity index (χ0v) is 20.5. The number of hydrogen-bond acceptors (Lipinski definition) is 5. The first-order valence-corrected chi connectivity index (χ1v) is 12.8. The van der Waals surface area contributed by atoms with Crippen LogP contribution in [0.5, 0.6) is 5.75 Å². The number of benzene rings is 3. The van der Waals surface area contributed by atoms with Gasteiger partial charge in [-0.25, -0.2) is 13.8 Å². The molecule has 1 amide bonds. The van der Waals surface area contributed by atoms with E-state index in [1.165, 1.54) is 6.21 Å². The number of para-hydroxylation sites is 1. The smallest absolute Gasteiger partial charge is 0.260 e. The van der Waals surface area contributed by atoms with Crippen molar-refractivity contribution in [2.45, 2.75) is 20.0 Å². The molecule has 3 rings (SSSR count). The van der Waals surface area contributed by atoms with Crippen molar-refractivity contribution in [1.29, 1.82) is 0 Å². The van der Waals surface area contributed by atoms with Gasteiger partial charge < -0.3 is 4.74 Å². The van der Waals surface area contributed by atoms with Gasteiger partial charge in [-0.1, -0.05) is 48.9 Å². The number of amides is 1. The monoisotopic (exact) mass is 499 g/mol. The molecule has 3 aromatic carbocycles. The van der Waals surface area contributed by atoms with E-state index < -0.39 is 15.9 Å². The van der Waals surface area contributed by atoms with Crippen molar-refractivity contribution < 1.29 is 17.9 Å². The number of sulfonamides is 1. The highest BCUT2D eigenvalue weighted by Gasteiger charge is 2.22. The number of nitrogens with one attached hydrogen (secondary N) is 1. The standard InChI is InChI=1S/C25H26ClN3O4S/c1-3-21-6-4-5-7-24(21)29(34(2,31)32)17-25(30)28-27-16-19-10-14-23(15-11-19)33-18-20-8-12-22(26)13-9-20/h4-16H,3,17-18H2,1-2H3,(H,28,30)/b27-16-. The Morgan fingerprint density at radius 2 is 1.74 bits per heavy atom. The van der Waals surface area contributed by atoms with Gasteiger partial charge in [0, 0.05) is 5.02 Å². The van der Waals surface area contributed by atoms with Crippen LogP contribution in [0.3, 0.4) is 0 Å². The summed E-state index contributed by atoms with van der Waals surface area (Å²) in [5.74, 6) is 0.144. The van der Waals surface area contributed by atoms with Crippen LogP contribution >= 0.6 is 11.6 Å². The van der Waals surface area contributed by atoms with Gasteiger partial charge >= 0.3 is 0 Å². The van der Waals surface area contributed by atoms with Crippen LogP contribution in [0.25, 0.3) is 0 Å². The van der Waals surface area contributed by atoms with Gasteiger partial charge in [-0.05, 0) is 65.6 Å². The van der Waals surface area contributed by atoms with Gasteiger partial charge in [-0.3, -0.25) is 9.10 Å². The fraction of sp³-hybridized carbons (Fsp3) is 0.200. The average molecular weight is 500 g/mol. The topological polar surface area (TPSA) is 88.1 Å². The molecular weight excluding hydrogens is 474 g/mol. The summed E-state index contributed by atoms with van der Waals surface area (Å²) in [5.41, 5.74) is 5.46. The van der Waals surface area contributed by atoms with Crippen LogP contribution in [-0.4, -0.2) is 33.3 Å². The molecule has 9 heteroatoms. The molecule has 0 fully saturated rings. The summed E-state index contributed by atoms with van der Waals surface area (Å²) in [5, 5.41) is 4.62. The number of hydrazone groups is 1. The molecule has 178 valence electrons. The molecule has 0 heterocycles. The predicted octanol–water partition coefficient (Wildman–Crippen LogP) is 4.40. The van der Waals surface area contributed by atoms with Crippen molar-refractivity contribution in [3.8, 4) is 5.75 Å². The molecule has 7 nitrogen and oxygen atoms in total. The Kier molecular flexibility index (Phi) is 8.67. The predicted molar refractivity (Wildman–Crippen MR) is 136 cm³/mol. The highest BCUT2D eigenvalue weighted by atomic mass is 35.5. The maximum Gasteiger partial charge on any atom is 0.260 e. The Labute approximate surface area is 205 Å². The van der Waals surface area contributed by atoms with E-state index in [0.717, 1.165) is 27.3 Å². The van der Waals surface area contributed by atoms with Crippen molar-refractivity contribution in [1.82, 2.24) is 5.43 Å². The fourth-order valence-corrected chi connectivity index (χ4v) is 4.19. The molecule has 0 aliphatic rings. The summed E-state index contributed by atoms with van der Waals surface area (Å²) in [7, 11) is -3.66. The zero-order chi connectivity index (χ0) is 24.6. The third kappa shape index (κ3) is 7.33. The zero-order valence-electron chi connectivity index (χ0n) is 18.9. The first-order chi connectivity index (χ1) is 16.3. The molecule has 1 N–H and O–H groups in total. The lowest BCUT2D eigenvalue weighted by atomic mass is 10.1. The minimum atomic E-state index is -3.66. The summed E-state index contributed by atoms with van der Waals surface area (Å²) in [4.78, 5) is 12.4. The average Bonchev–Trinajstić information content (AvgIpc) is 2.82. The number of rotatable bonds is 10. The lowest BCUT2D eigenvalue weighted by Gasteiger charge is -2.23. The van der Waals surface area contributed by atoms with Gasteiger partial charge in [0.2, 0.25) is 10.0 Å². The molecule has 0 atom stereocenters. The van der Waals surface area contributed by atoms with Crippen LogP contribution in [0.15, 0.2) is 77.9 Å². The third-order valence-electron chi connectivity index (χ3n) is 4.93. The Morgan fingerprint density at radius 3 is 2.38 bits per heavy atom. The third-order valence-corrected chi connectivity index (χ3v) is 6.31. The van der Waals surface area contributed by atoms with Gasteiger partial charge in [0.25, 0.3) is 5.91 Å². The lowest BCUT2D eigenvalue weighted by Crippen LogP contribution is -2.39. The van der Waals surface area contributed by atoms with Crippen LogP contribution in [-0.2, 0) is 27.8 Å². The minimum Gasteiger partial charge on any atom is -0.489 e. The van der Waals surface area contributed by atoms with E-state index in [0.29, 0.717) is 29.5 Å². The lowest BCUT2D eigenvalue weighted by molar-refractivity contribution is -0.119. The van der Waals surface area contributed by atoms with E-state index in [4.69, 9.17) is 16.3 Å². The molecule has 34 heavy (non-hydrogen) atoms. The van der Waals surface area contributed by atoms with Crippen LogP contribution in [0.1, 0.15) is 23.6 Å². The normalized spacial score (nSPS) is 11.4. The van der Waals surface area contributed by atoms with Crippen molar-refractivity contribution in [2.75, 3.05) is 17.1 Å². The number of ether oxygens (including phenoxy) is 1. The Bertz CT molecular complexity index is 1240. The number of anilines is 1. The van der Waals surface area contributed by atoms with E-state index in [1.807, 2.05) is 43.3 Å². The molecule has 0 spiro atoms. The van der Waals surface area contributed by atoms with E-state index in [-0.39, 0.29) is 6.54 Å². The SMILES string of the molecule is CCc1ccccc1N(CC(=O)N/N=C\c1ccc(OCc2ccc(Cl)cc2)cc1)S(C)(=O)=O. The number of aryl methyl sites for hydroxylation is 1. The van der Waals surface area contributed by atoms with Crippen LogP contribution in [0, 0.1) is 0 Å². The second-order valence-electron chi connectivity index (χ2n) is 7.53. The maximum absolute atomic E-state index is 12.4. The minimum absolute atomic E-state index is 0.370. The molecule has 0 aliphatic heterocycles. The summed E-state index contributed by atoms with van der Waals surface area (Å²) in [6, 6.07) is 21.7. The van der Waals surface area contributed by atoms with E-state index in [2.05, 4.69) is 10.5 Å². The summed E-state index contributed by atoms with van der Waals surface area (Å²) in [6.07, 6.45) is 3.19. The molecule has 0 aliphatic carbocycles. The summed E-state index contributed by atoms with van der Waals surface area (Å²) in [6.45, 7) is 1.97. The Hall–Kier alpha value is -3.36. The van der Waals surface area contributed by atoms with Crippen LogP contribution < -0.4 is 14.5 Å². The molecule has 0 unspecified atom stereocenters. The molecule has 0 saturated heterocycles. The van der Waals surface area contributed by atoms with Gasteiger partial charge in [-0.2, -0.15) is 5.10 Å². The summed E-state index contributed by atoms with van der Waals surface area (Å²) < 4.78 is 31.5. The second-order valence-corrected chi connectivity index (χ2v) is 9.87. The van der Waals surface area contributed by atoms with E-state index in [1.54, 1.807) is 36.4 Å². The van der Waals surface area contributed by atoms with Crippen molar-refractivity contribution in [3.63, 3.8) is 0 Å². The molecule has 0 aromatic heterocycles. The molecular formula is C25H26ClN3O4S. The number of carbonyl (C=O) groups excluding carboxylic acids is 1. The highest BCUT2D eigenvalue weighted by Crippen LogP contribution is 2.23. The van der Waals surface area contributed by atoms with Crippen molar-refractivity contribution in [2.24, 2.45) is 5.10 Å².